The van der Waals surface area contributed by atoms with E-state index >= 15 is 0 Å². The van der Waals surface area contributed by atoms with Gasteiger partial charge in [0.25, 0.3) is 11.8 Å². The van der Waals surface area contributed by atoms with Crippen LogP contribution in [0.4, 0.5) is 11.4 Å². The quantitative estimate of drug-likeness (QED) is 0.0959. The van der Waals surface area contributed by atoms with Crippen molar-refractivity contribution in [3.63, 3.8) is 0 Å². The standard InChI is InChI=1S/C29H29N5O5.C18H25BN2O3.C17H16ClN3O4/c1-34(2)29(35)19-12-23(36-3)27(32-15-19)24-13-22-28(39-24)26(25(37-4)16-31-22)17-5-6-21(18(11-17)14-30)33-20-7-9-38-10-8-20;1-17(2)18(3,4)24-19(23-17)14-5-6-16(13(11-14)12-20)21-15-7-9-22-10-8-15;1-21(2)17(22)9-5-11(23-3)15(20-7-9)12-6-10-16(25-12)14(18)13(24-4)8-19-10/h5-6,11-13,15-16,20,33H,7-10H2,1-4H3;5-6,11,15,21H,7-10H2,1-4H3;5-8H,1-4H3. The Balaban J connectivity index is 0.000000164. The molecule has 0 radical (unpaired) electrons. The van der Waals surface area contributed by atoms with Crippen LogP contribution in [0.2, 0.25) is 5.02 Å². The summed E-state index contributed by atoms with van der Waals surface area (Å²) in [5.74, 6) is 2.22. The highest BCUT2D eigenvalue weighted by atomic mass is 35.5. The third kappa shape index (κ3) is 13.7. The Morgan fingerprint density at radius 2 is 1.03 bits per heavy atom. The van der Waals surface area contributed by atoms with E-state index in [1.165, 1.54) is 49.7 Å². The maximum absolute atomic E-state index is 12.4. The number of pyridine rings is 4. The molecule has 0 unspecified atom stereocenters. The lowest BCUT2D eigenvalue weighted by atomic mass is 9.78. The van der Waals surface area contributed by atoms with Crippen molar-refractivity contribution >= 4 is 69.6 Å². The van der Waals surface area contributed by atoms with Gasteiger partial charge in [0.2, 0.25) is 0 Å². The molecular formula is C64H70BClN10O12. The SMILES string of the molecule is CC1(C)OB(c2ccc(NC3CCOCC3)c(C#N)c2)OC1(C)C.COc1cc(C(=O)N(C)C)cnc1-c1cc2ncc(OC)c(-c3ccc(NC4CCOCC4)c(C#N)c3)c2o1.COc1cc(C(=O)N(C)C)cnc1-c1cc2ncc(OC)c(Cl)c2o1. The molecule has 0 saturated carbocycles. The van der Waals surface area contributed by atoms with Crippen LogP contribution in [0.3, 0.4) is 0 Å². The number of anilines is 2. The van der Waals surface area contributed by atoms with Crippen molar-refractivity contribution in [2.75, 3.05) is 93.7 Å². The van der Waals surface area contributed by atoms with Crippen molar-refractivity contribution in [2.24, 2.45) is 0 Å². The van der Waals surface area contributed by atoms with Crippen LogP contribution in [0, 0.1) is 22.7 Å². The molecule has 22 nitrogen and oxygen atoms in total. The van der Waals surface area contributed by atoms with Gasteiger partial charge in [-0.3, -0.25) is 9.59 Å². The maximum Gasteiger partial charge on any atom is 0.494 e. The van der Waals surface area contributed by atoms with E-state index < -0.39 is 7.12 Å². The van der Waals surface area contributed by atoms with Gasteiger partial charge in [-0.15, -0.1) is 0 Å². The van der Waals surface area contributed by atoms with Gasteiger partial charge < -0.3 is 67.0 Å². The van der Waals surface area contributed by atoms with Gasteiger partial charge in [-0.1, -0.05) is 23.7 Å². The monoisotopic (exact) mass is 1220 g/mol. The van der Waals surface area contributed by atoms with Gasteiger partial charge in [-0.25, -0.2) is 19.9 Å². The van der Waals surface area contributed by atoms with Crippen LogP contribution in [0.25, 0.3) is 56.2 Å². The van der Waals surface area contributed by atoms with E-state index in [1.807, 2.05) is 64.1 Å². The maximum atomic E-state index is 12.4. The van der Waals surface area contributed by atoms with Gasteiger partial charge in [-0.05, 0) is 101 Å². The third-order valence-corrected chi connectivity index (χ3v) is 16.0. The van der Waals surface area contributed by atoms with E-state index in [2.05, 4.69) is 42.7 Å². The second-order valence-corrected chi connectivity index (χ2v) is 22.8. The number of ether oxygens (including phenoxy) is 6. The number of nitriles is 2. The molecule has 3 saturated heterocycles. The molecule has 2 amide bonds. The molecule has 2 N–H and O–H groups in total. The van der Waals surface area contributed by atoms with E-state index in [9.17, 15) is 20.1 Å². The summed E-state index contributed by atoms with van der Waals surface area (Å²) in [5, 5.41) is 26.7. The fourth-order valence-corrected chi connectivity index (χ4v) is 10.2. The fourth-order valence-electron chi connectivity index (χ4n) is 9.96. The minimum atomic E-state index is -0.445. The van der Waals surface area contributed by atoms with Crippen LogP contribution in [0.5, 0.6) is 23.0 Å². The Morgan fingerprint density at radius 3 is 1.50 bits per heavy atom. The zero-order valence-electron chi connectivity index (χ0n) is 51.3. The van der Waals surface area contributed by atoms with Crippen molar-refractivity contribution in [2.45, 2.75) is 76.7 Å². The summed E-state index contributed by atoms with van der Waals surface area (Å²) in [5.41, 5.74) is 8.03. The normalized spacial score (nSPS) is 15.4. The number of aromatic nitrogens is 4. The lowest BCUT2D eigenvalue weighted by molar-refractivity contribution is 0.00578. The molecule has 3 aliphatic heterocycles. The lowest BCUT2D eigenvalue weighted by Gasteiger charge is -2.32. The summed E-state index contributed by atoms with van der Waals surface area (Å²) < 4.78 is 56.8. The Bertz CT molecular complexity index is 3920. The Morgan fingerprint density at radius 1 is 0.591 bits per heavy atom. The van der Waals surface area contributed by atoms with Crippen LogP contribution in [-0.2, 0) is 18.8 Å². The molecule has 88 heavy (non-hydrogen) atoms. The lowest BCUT2D eigenvalue weighted by Crippen LogP contribution is -2.41. The smallest absolute Gasteiger partial charge is 0.494 e. The largest absolute Gasteiger partial charge is 0.494 e. The summed E-state index contributed by atoms with van der Waals surface area (Å²) in [4.78, 5) is 45.0. The van der Waals surface area contributed by atoms with Gasteiger partial charge in [0, 0.05) is 91.2 Å². The number of furan rings is 2. The van der Waals surface area contributed by atoms with Gasteiger partial charge in [0.05, 0.1) is 91.2 Å². The first-order valence-electron chi connectivity index (χ1n) is 28.4. The predicted molar refractivity (Wildman–Crippen MR) is 334 cm³/mol. The van der Waals surface area contributed by atoms with Crippen molar-refractivity contribution in [1.82, 2.24) is 29.7 Å². The Hall–Kier alpha value is -8.97. The second kappa shape index (κ2) is 27.4. The molecule has 3 fully saturated rings. The first-order chi connectivity index (χ1) is 42.2. The molecule has 0 spiro atoms. The summed E-state index contributed by atoms with van der Waals surface area (Å²) in [7, 11) is 12.3. The number of methoxy groups -OCH3 is 4. The van der Waals surface area contributed by atoms with E-state index in [0.29, 0.717) is 120 Å². The molecular weight excluding hydrogens is 1150 g/mol. The molecule has 8 aromatic rings. The average Bonchev–Trinajstić information content (AvgIpc) is 2.47. The summed E-state index contributed by atoms with van der Waals surface area (Å²) in [6.07, 6.45) is 9.82. The minimum Gasteiger partial charge on any atom is -0.494 e. The number of nitrogens with zero attached hydrogens (tertiary/aromatic N) is 8. The number of hydrogen-bond acceptors (Lipinski definition) is 20. The molecule has 9 heterocycles. The number of carbonyl (C=O) groups is 2. The number of rotatable bonds is 14. The summed E-state index contributed by atoms with van der Waals surface area (Å²) >= 11 is 6.26. The van der Waals surface area contributed by atoms with Crippen LogP contribution in [-0.4, -0.2) is 155 Å². The van der Waals surface area contributed by atoms with Crippen LogP contribution in [0.15, 0.2) is 94.3 Å². The number of amides is 2. The van der Waals surface area contributed by atoms with Crippen molar-refractivity contribution in [3.8, 4) is 69.2 Å². The fraction of sp³-hybridized carbons (Fsp3) is 0.375. The van der Waals surface area contributed by atoms with Crippen molar-refractivity contribution in [3.05, 3.63) is 113 Å². The average molecular weight is 1220 g/mol. The first kappa shape index (κ1) is 63.5. The third-order valence-electron chi connectivity index (χ3n) is 15.6. The van der Waals surface area contributed by atoms with Crippen LogP contribution >= 0.6 is 11.6 Å². The molecule has 2 aromatic carbocycles. The number of hydrogen-bond donors (Lipinski definition) is 2. The second-order valence-electron chi connectivity index (χ2n) is 22.4. The summed E-state index contributed by atoms with van der Waals surface area (Å²) in [6, 6.07) is 23.4. The van der Waals surface area contributed by atoms with E-state index in [1.54, 1.807) is 65.8 Å². The topological polar surface area (TPSA) is 264 Å². The highest BCUT2D eigenvalue weighted by Crippen LogP contribution is 2.43. The molecule has 458 valence electrons. The van der Waals surface area contributed by atoms with Gasteiger partial charge in [-0.2, -0.15) is 10.5 Å². The molecule has 6 aromatic heterocycles. The minimum absolute atomic E-state index is 0.170. The van der Waals surface area contributed by atoms with Crippen LogP contribution < -0.4 is 35.0 Å². The van der Waals surface area contributed by atoms with Gasteiger partial charge >= 0.3 is 7.12 Å². The Labute approximate surface area is 516 Å². The van der Waals surface area contributed by atoms with Crippen molar-refractivity contribution < 1.29 is 56.2 Å². The first-order valence-corrected chi connectivity index (χ1v) is 28.8. The van der Waals surface area contributed by atoms with Gasteiger partial charge in [0.15, 0.2) is 28.4 Å². The van der Waals surface area contributed by atoms with Crippen molar-refractivity contribution in [1.29, 1.82) is 10.5 Å². The van der Waals surface area contributed by atoms with Crippen LogP contribution in [0.1, 0.15) is 85.2 Å². The van der Waals surface area contributed by atoms with Gasteiger partial charge in [0.1, 0.15) is 56.8 Å². The number of fused-ring (bicyclic) bond motifs is 2. The zero-order valence-corrected chi connectivity index (χ0v) is 52.1. The number of halogens is 1. The highest BCUT2D eigenvalue weighted by Gasteiger charge is 2.52. The molecule has 0 atom stereocenters. The number of nitrogens with one attached hydrogen (secondary N) is 2. The molecule has 11 rings (SSSR count). The van der Waals surface area contributed by atoms with E-state index in [4.69, 9.17) is 58.2 Å². The molecule has 3 aliphatic rings. The molecule has 0 aliphatic carbocycles. The molecule has 0 bridgehead atoms. The highest BCUT2D eigenvalue weighted by molar-refractivity contribution is 6.62. The van der Waals surface area contributed by atoms with E-state index in [0.717, 1.165) is 61.3 Å². The Kier molecular flexibility index (Phi) is 19.8. The molecule has 24 heteroatoms. The number of carbonyl (C=O) groups excluding carboxylic acids is 2. The number of benzene rings is 2. The van der Waals surface area contributed by atoms with E-state index in [-0.39, 0.29) is 29.1 Å². The zero-order chi connectivity index (χ0) is 63.0. The predicted octanol–water partition coefficient (Wildman–Crippen LogP) is 10.4. The summed E-state index contributed by atoms with van der Waals surface area (Å²) in [6.45, 7) is 11.1.